The lowest BCUT2D eigenvalue weighted by atomic mass is 10.6. The summed E-state index contributed by atoms with van der Waals surface area (Å²) in [6.45, 7) is 0. The molecule has 0 aromatic carbocycles. The first-order chi connectivity index (χ1) is 5.25. The number of hydrogen-bond acceptors (Lipinski definition) is 6. The standard InChI is InChI=1S/C4HN2O4P/c7-11-8-2-1-5-4(10-11)6-3(2)9-11/h1H. The van der Waals surface area contributed by atoms with Crippen LogP contribution < -0.4 is 13.6 Å². The first-order valence-corrected chi connectivity index (χ1v) is 4.27. The summed E-state index contributed by atoms with van der Waals surface area (Å²) in [5.41, 5.74) is 0. The molecule has 3 rings (SSSR count). The minimum absolute atomic E-state index is 0.0378. The van der Waals surface area contributed by atoms with Crippen molar-refractivity contribution in [2.45, 2.75) is 0 Å². The third kappa shape index (κ3) is 0.550. The lowest BCUT2D eigenvalue weighted by Crippen LogP contribution is -2.05. The van der Waals surface area contributed by atoms with Gasteiger partial charge >= 0.3 is 13.8 Å². The quantitative estimate of drug-likeness (QED) is 0.537. The topological polar surface area (TPSA) is 70.5 Å². The molecule has 56 valence electrons. The molecule has 1 atom stereocenters. The van der Waals surface area contributed by atoms with Crippen molar-refractivity contribution in [1.29, 1.82) is 0 Å². The molecule has 1 aromatic heterocycles. The van der Waals surface area contributed by atoms with Crippen molar-refractivity contribution in [3.63, 3.8) is 0 Å². The van der Waals surface area contributed by atoms with Gasteiger partial charge in [0.1, 0.15) is 0 Å². The number of phosphoric acid groups is 1. The van der Waals surface area contributed by atoms with E-state index < -0.39 is 7.82 Å². The Hall–Kier alpha value is -1.29. The molecule has 0 N–H and O–H groups in total. The van der Waals surface area contributed by atoms with Crippen LogP contribution in [0.25, 0.3) is 0 Å². The van der Waals surface area contributed by atoms with Gasteiger partial charge in [-0.25, -0.2) is 0 Å². The zero-order valence-corrected chi connectivity index (χ0v) is 5.95. The van der Waals surface area contributed by atoms with Crippen molar-refractivity contribution < 1.29 is 18.1 Å². The molecule has 3 heterocycles. The van der Waals surface area contributed by atoms with Crippen molar-refractivity contribution in [2.75, 3.05) is 0 Å². The van der Waals surface area contributed by atoms with E-state index in [0.29, 0.717) is 0 Å². The molecule has 0 fully saturated rings. The fourth-order valence-electron chi connectivity index (χ4n) is 0.894. The van der Waals surface area contributed by atoms with Gasteiger partial charge in [-0.3, -0.25) is 0 Å². The number of fused-ring (bicyclic) bond motifs is 2. The van der Waals surface area contributed by atoms with Gasteiger partial charge < -0.3 is 13.6 Å². The van der Waals surface area contributed by atoms with Crippen molar-refractivity contribution in [3.05, 3.63) is 6.20 Å². The van der Waals surface area contributed by atoms with E-state index in [9.17, 15) is 4.57 Å². The third-order valence-electron chi connectivity index (χ3n) is 1.30. The Labute approximate surface area is 60.7 Å². The second kappa shape index (κ2) is 1.33. The van der Waals surface area contributed by atoms with Gasteiger partial charge in [-0.1, -0.05) is 0 Å². The molecule has 0 saturated heterocycles. The molecular formula is C4HN2O4P. The molecule has 11 heavy (non-hydrogen) atoms. The summed E-state index contributed by atoms with van der Waals surface area (Å²) in [4.78, 5) is 7.40. The zero-order valence-electron chi connectivity index (χ0n) is 5.05. The minimum atomic E-state index is -3.40. The Morgan fingerprint density at radius 3 is 3.18 bits per heavy atom. The van der Waals surface area contributed by atoms with Crippen LogP contribution in [0.3, 0.4) is 0 Å². The molecule has 6 nitrogen and oxygen atoms in total. The van der Waals surface area contributed by atoms with Crippen LogP contribution in [0.4, 0.5) is 0 Å². The first kappa shape index (κ1) is 5.37. The molecule has 3 bridgehead atoms. The summed E-state index contributed by atoms with van der Waals surface area (Å²) >= 11 is 0. The van der Waals surface area contributed by atoms with Gasteiger partial charge in [-0.15, -0.1) is 0 Å². The van der Waals surface area contributed by atoms with Crippen molar-refractivity contribution in [1.82, 2.24) is 9.97 Å². The SMILES string of the molecule is O=P12Oc3ncc(c(n3)O1)O2. The number of phosphoric ester groups is 1. The highest BCUT2D eigenvalue weighted by atomic mass is 31.2. The highest BCUT2D eigenvalue weighted by Crippen LogP contribution is 2.60. The van der Waals surface area contributed by atoms with Gasteiger partial charge in [0.05, 0.1) is 6.20 Å². The van der Waals surface area contributed by atoms with Gasteiger partial charge in [-0.05, 0) is 0 Å². The minimum Gasteiger partial charge on any atom is -0.378 e. The molecule has 2 aliphatic heterocycles. The molecule has 1 unspecified atom stereocenters. The average molecular weight is 172 g/mol. The summed E-state index contributed by atoms with van der Waals surface area (Å²) in [6.07, 6.45) is 1.37. The van der Waals surface area contributed by atoms with Crippen LogP contribution in [-0.4, -0.2) is 9.97 Å². The highest BCUT2D eigenvalue weighted by Gasteiger charge is 2.47. The first-order valence-electron chi connectivity index (χ1n) is 2.81. The van der Waals surface area contributed by atoms with Crippen LogP contribution in [0.15, 0.2) is 6.20 Å². The van der Waals surface area contributed by atoms with Crippen LogP contribution >= 0.6 is 7.82 Å². The summed E-state index contributed by atoms with van der Waals surface area (Å²) in [5, 5.41) is 0. The molecule has 0 saturated carbocycles. The van der Waals surface area contributed by atoms with Gasteiger partial charge in [0.2, 0.25) is 5.75 Å². The molecule has 0 amide bonds. The molecule has 2 aliphatic rings. The molecular weight excluding hydrogens is 171 g/mol. The monoisotopic (exact) mass is 172 g/mol. The number of aromatic nitrogens is 2. The number of rotatable bonds is 0. The Morgan fingerprint density at radius 2 is 2.27 bits per heavy atom. The Balaban J connectivity index is 2.41. The fraction of sp³-hybridized carbons (Fsp3) is 0. The van der Waals surface area contributed by atoms with Gasteiger partial charge in [0, 0.05) is 0 Å². The van der Waals surface area contributed by atoms with Crippen LogP contribution in [0.5, 0.6) is 17.6 Å². The number of nitrogens with zero attached hydrogens (tertiary/aromatic N) is 2. The van der Waals surface area contributed by atoms with Crippen molar-refractivity contribution in [3.8, 4) is 17.6 Å². The molecule has 1 aromatic rings. The molecule has 0 aliphatic carbocycles. The maximum atomic E-state index is 11.2. The third-order valence-corrected chi connectivity index (χ3v) is 2.51. The van der Waals surface area contributed by atoms with E-state index in [1.165, 1.54) is 6.20 Å². The van der Waals surface area contributed by atoms with Crippen LogP contribution in [0.2, 0.25) is 0 Å². The second-order valence-electron chi connectivity index (χ2n) is 2.04. The predicted octanol–water partition coefficient (Wildman–Crippen LogP) is 0.748. The summed E-state index contributed by atoms with van der Waals surface area (Å²) in [6, 6.07) is 0.0378. The van der Waals surface area contributed by atoms with Crippen molar-refractivity contribution in [2.24, 2.45) is 0 Å². The average Bonchev–Trinajstić information content (AvgIpc) is 2.07. The maximum absolute atomic E-state index is 11.2. The van der Waals surface area contributed by atoms with Crippen LogP contribution in [0.1, 0.15) is 0 Å². The van der Waals surface area contributed by atoms with E-state index in [1.54, 1.807) is 0 Å². The Bertz CT molecular complexity index is 377. The maximum Gasteiger partial charge on any atom is 0.651 e. The lowest BCUT2D eigenvalue weighted by Gasteiger charge is -2.09. The summed E-state index contributed by atoms with van der Waals surface area (Å²) < 4.78 is 25.4. The second-order valence-corrected chi connectivity index (χ2v) is 3.49. The van der Waals surface area contributed by atoms with E-state index in [2.05, 4.69) is 14.5 Å². The number of hydrogen-bond donors (Lipinski definition) is 0. The molecule has 0 spiro atoms. The van der Waals surface area contributed by atoms with Gasteiger partial charge in [-0.2, -0.15) is 14.5 Å². The summed E-state index contributed by atoms with van der Waals surface area (Å²) in [7, 11) is -3.40. The predicted molar refractivity (Wildman–Crippen MR) is 31.5 cm³/mol. The fourth-order valence-corrected chi connectivity index (χ4v) is 2.00. The van der Waals surface area contributed by atoms with E-state index in [4.69, 9.17) is 9.05 Å². The molecule has 0 radical (unpaired) electrons. The van der Waals surface area contributed by atoms with Gasteiger partial charge in [0.25, 0.3) is 5.88 Å². The van der Waals surface area contributed by atoms with Crippen LogP contribution in [-0.2, 0) is 4.57 Å². The Kier molecular flexibility index (Phi) is 0.651. The van der Waals surface area contributed by atoms with E-state index in [0.717, 1.165) is 0 Å². The van der Waals surface area contributed by atoms with Crippen molar-refractivity contribution >= 4 is 7.82 Å². The van der Waals surface area contributed by atoms with E-state index in [1.807, 2.05) is 0 Å². The van der Waals surface area contributed by atoms with Crippen LogP contribution in [0, 0.1) is 0 Å². The largest absolute Gasteiger partial charge is 0.651 e. The van der Waals surface area contributed by atoms with E-state index >= 15 is 0 Å². The lowest BCUT2D eigenvalue weighted by molar-refractivity contribution is 0.308. The summed E-state index contributed by atoms with van der Waals surface area (Å²) in [5.74, 6) is 0.471. The zero-order chi connectivity index (χ0) is 7.47. The smallest absolute Gasteiger partial charge is 0.378 e. The van der Waals surface area contributed by atoms with Gasteiger partial charge in [0.15, 0.2) is 0 Å². The Morgan fingerprint density at radius 1 is 1.36 bits per heavy atom. The normalized spacial score (nSPS) is 29.1. The highest BCUT2D eigenvalue weighted by molar-refractivity contribution is 7.50. The van der Waals surface area contributed by atoms with E-state index in [-0.39, 0.29) is 17.6 Å². The molecule has 7 heteroatoms.